The van der Waals surface area contributed by atoms with Crippen LogP contribution in [0.25, 0.3) is 0 Å². The molecule has 0 unspecified atom stereocenters. The van der Waals surface area contributed by atoms with E-state index in [-0.39, 0.29) is 11.6 Å². The van der Waals surface area contributed by atoms with Crippen LogP contribution in [0.15, 0.2) is 6.07 Å². The zero-order chi connectivity index (χ0) is 11.9. The highest BCUT2D eigenvalue weighted by molar-refractivity contribution is 5.83. The summed E-state index contributed by atoms with van der Waals surface area (Å²) in [6.45, 7) is 0. The van der Waals surface area contributed by atoms with Crippen LogP contribution in [0.5, 0.6) is 0 Å². The molecule has 1 fully saturated rings. The first-order valence-electron chi connectivity index (χ1n) is 4.57. The van der Waals surface area contributed by atoms with Gasteiger partial charge in [0.05, 0.1) is 0 Å². The van der Waals surface area contributed by atoms with Gasteiger partial charge in [-0.15, -0.1) is 0 Å². The van der Waals surface area contributed by atoms with Crippen LogP contribution in [0.1, 0.15) is 40.8 Å². The number of aromatic carboxylic acids is 1. The molecule has 0 aliphatic heterocycles. The molecule has 0 atom stereocenters. The fourth-order valence-electron chi connectivity index (χ4n) is 1.30. The van der Waals surface area contributed by atoms with E-state index in [1.54, 1.807) is 0 Å². The van der Waals surface area contributed by atoms with Gasteiger partial charge in [-0.25, -0.2) is 14.8 Å². The van der Waals surface area contributed by atoms with Crippen LogP contribution < -0.4 is 0 Å². The van der Waals surface area contributed by atoms with Crippen LogP contribution >= 0.6 is 0 Å². The van der Waals surface area contributed by atoms with E-state index < -0.39 is 23.7 Å². The minimum Gasteiger partial charge on any atom is -0.475 e. The lowest BCUT2D eigenvalue weighted by atomic mass is 10.2. The predicted molar refractivity (Wildman–Crippen MR) is 46.0 cm³/mol. The van der Waals surface area contributed by atoms with Gasteiger partial charge in [0.25, 0.3) is 0 Å². The molecule has 1 N–H and O–H groups in total. The molecule has 1 aromatic heterocycles. The molecule has 0 amide bonds. The second kappa shape index (κ2) is 3.43. The largest absolute Gasteiger partial charge is 0.475 e. The number of carboxylic acid groups (broad SMARTS) is 1. The molecular weight excluding hydrogens is 225 g/mol. The molecule has 1 aromatic rings. The summed E-state index contributed by atoms with van der Waals surface area (Å²) in [4.78, 5) is 17.2. The fourth-order valence-corrected chi connectivity index (χ4v) is 1.30. The smallest absolute Gasteiger partial charge is 0.433 e. The third kappa shape index (κ3) is 2.12. The van der Waals surface area contributed by atoms with Gasteiger partial charge in [-0.2, -0.15) is 13.2 Å². The van der Waals surface area contributed by atoms with Crippen LogP contribution in [0, 0.1) is 0 Å². The van der Waals surface area contributed by atoms with Crippen molar-refractivity contribution >= 4 is 5.97 Å². The van der Waals surface area contributed by atoms with Crippen LogP contribution in [-0.4, -0.2) is 21.0 Å². The summed E-state index contributed by atoms with van der Waals surface area (Å²) < 4.78 is 37.2. The Labute approximate surface area is 88.1 Å². The van der Waals surface area contributed by atoms with Gasteiger partial charge in [-0.3, -0.25) is 0 Å². The van der Waals surface area contributed by atoms with E-state index >= 15 is 0 Å². The van der Waals surface area contributed by atoms with Gasteiger partial charge in [-0.1, -0.05) is 0 Å². The van der Waals surface area contributed by atoms with E-state index in [0.29, 0.717) is 0 Å². The lowest BCUT2D eigenvalue weighted by Gasteiger charge is -2.08. The molecule has 1 aliphatic carbocycles. The summed E-state index contributed by atoms with van der Waals surface area (Å²) in [6.07, 6.45) is -3.16. The summed E-state index contributed by atoms with van der Waals surface area (Å²) in [5.41, 5.74) is -1.03. The van der Waals surface area contributed by atoms with Gasteiger partial charge in [-0.05, 0) is 18.9 Å². The molecule has 0 aromatic carbocycles. The monoisotopic (exact) mass is 232 g/mol. The Balaban J connectivity index is 2.48. The summed E-state index contributed by atoms with van der Waals surface area (Å²) in [6, 6.07) is 0.824. The van der Waals surface area contributed by atoms with Crippen LogP contribution in [0.3, 0.4) is 0 Å². The molecule has 7 heteroatoms. The summed E-state index contributed by atoms with van der Waals surface area (Å²) >= 11 is 0. The van der Waals surface area contributed by atoms with Crippen molar-refractivity contribution in [3.63, 3.8) is 0 Å². The highest BCUT2D eigenvalue weighted by Gasteiger charge is 2.36. The molecule has 4 nitrogen and oxygen atoms in total. The van der Waals surface area contributed by atoms with E-state index in [1.165, 1.54) is 0 Å². The molecule has 0 saturated heterocycles. The summed E-state index contributed by atoms with van der Waals surface area (Å²) in [5.74, 6) is -2.40. The van der Waals surface area contributed by atoms with Gasteiger partial charge in [0.1, 0.15) is 5.69 Å². The third-order valence-electron chi connectivity index (χ3n) is 2.22. The lowest BCUT2D eigenvalue weighted by Crippen LogP contribution is -2.15. The maximum Gasteiger partial charge on any atom is 0.433 e. The van der Waals surface area contributed by atoms with E-state index in [0.717, 1.165) is 18.9 Å². The zero-order valence-electron chi connectivity index (χ0n) is 7.95. The molecule has 0 bridgehead atoms. The number of halogens is 3. The molecule has 0 radical (unpaired) electrons. The lowest BCUT2D eigenvalue weighted by molar-refractivity contribution is -0.141. The quantitative estimate of drug-likeness (QED) is 0.847. The highest BCUT2D eigenvalue weighted by atomic mass is 19.4. The summed E-state index contributed by atoms with van der Waals surface area (Å²) in [7, 11) is 0. The van der Waals surface area contributed by atoms with Crippen molar-refractivity contribution in [2.24, 2.45) is 0 Å². The molecule has 1 aliphatic rings. The molecular formula is C9H7F3N2O2. The molecule has 0 spiro atoms. The fraction of sp³-hybridized carbons (Fsp3) is 0.444. The SMILES string of the molecule is O=C(O)c1nc(C2CC2)cc(C(F)(F)F)n1. The topological polar surface area (TPSA) is 63.1 Å². The van der Waals surface area contributed by atoms with Crippen molar-refractivity contribution in [1.29, 1.82) is 0 Å². The van der Waals surface area contributed by atoms with Crippen LogP contribution in [0.4, 0.5) is 13.2 Å². The van der Waals surface area contributed by atoms with E-state index in [1.807, 2.05) is 0 Å². The predicted octanol–water partition coefficient (Wildman–Crippen LogP) is 2.07. The average molecular weight is 232 g/mol. The number of rotatable bonds is 2. The van der Waals surface area contributed by atoms with Crippen molar-refractivity contribution < 1.29 is 23.1 Å². The van der Waals surface area contributed by atoms with Crippen molar-refractivity contribution in [1.82, 2.24) is 9.97 Å². The van der Waals surface area contributed by atoms with Crippen molar-refractivity contribution in [3.8, 4) is 0 Å². The average Bonchev–Trinajstić information content (AvgIpc) is 2.98. The second-order valence-corrected chi connectivity index (χ2v) is 3.58. The van der Waals surface area contributed by atoms with Gasteiger partial charge < -0.3 is 5.11 Å². The van der Waals surface area contributed by atoms with E-state index in [2.05, 4.69) is 9.97 Å². The van der Waals surface area contributed by atoms with Crippen LogP contribution in [0.2, 0.25) is 0 Å². The van der Waals surface area contributed by atoms with Gasteiger partial charge in [0.15, 0.2) is 0 Å². The molecule has 86 valence electrons. The minimum atomic E-state index is -4.64. The Kier molecular flexibility index (Phi) is 2.32. The molecule has 1 saturated carbocycles. The molecule has 2 rings (SSSR count). The minimum absolute atomic E-state index is 0.0535. The number of aromatic nitrogens is 2. The number of alkyl halides is 3. The van der Waals surface area contributed by atoms with E-state index in [9.17, 15) is 18.0 Å². The maximum absolute atomic E-state index is 12.4. The number of carbonyl (C=O) groups is 1. The van der Waals surface area contributed by atoms with Gasteiger partial charge in [0.2, 0.25) is 5.82 Å². The second-order valence-electron chi connectivity index (χ2n) is 3.58. The Morgan fingerprint density at radius 2 is 2.00 bits per heavy atom. The third-order valence-corrected chi connectivity index (χ3v) is 2.22. The standard InChI is InChI=1S/C9H7F3N2O2/c10-9(11,12)6-3-5(4-1-2-4)13-7(14-6)8(15)16/h3-4H,1-2H2,(H,15,16). The zero-order valence-corrected chi connectivity index (χ0v) is 7.95. The molecule has 16 heavy (non-hydrogen) atoms. The van der Waals surface area contributed by atoms with Crippen molar-refractivity contribution in [2.45, 2.75) is 24.9 Å². The van der Waals surface area contributed by atoms with Crippen molar-refractivity contribution in [2.75, 3.05) is 0 Å². The van der Waals surface area contributed by atoms with E-state index in [4.69, 9.17) is 5.11 Å². The Morgan fingerprint density at radius 1 is 1.38 bits per heavy atom. The number of hydrogen-bond donors (Lipinski definition) is 1. The number of hydrogen-bond acceptors (Lipinski definition) is 3. The Morgan fingerprint density at radius 3 is 2.44 bits per heavy atom. The normalized spacial score (nSPS) is 16.2. The van der Waals surface area contributed by atoms with Crippen molar-refractivity contribution in [3.05, 3.63) is 23.3 Å². The van der Waals surface area contributed by atoms with Gasteiger partial charge in [0, 0.05) is 11.6 Å². The first kappa shape index (κ1) is 10.8. The number of carboxylic acids is 1. The highest BCUT2D eigenvalue weighted by Crippen LogP contribution is 2.40. The first-order chi connectivity index (χ1) is 7.38. The van der Waals surface area contributed by atoms with Gasteiger partial charge >= 0.3 is 12.1 Å². The Bertz CT molecular complexity index is 441. The summed E-state index contributed by atoms with van der Waals surface area (Å²) in [5, 5.41) is 8.61. The Hall–Kier alpha value is -1.66. The number of nitrogens with zero attached hydrogens (tertiary/aromatic N) is 2. The maximum atomic E-state index is 12.4. The molecule has 1 heterocycles. The van der Waals surface area contributed by atoms with Crippen LogP contribution in [-0.2, 0) is 6.18 Å². The first-order valence-corrected chi connectivity index (χ1v) is 4.57.